The van der Waals surface area contributed by atoms with Crippen molar-refractivity contribution in [3.63, 3.8) is 0 Å². The van der Waals surface area contributed by atoms with Crippen LogP contribution in [0.15, 0.2) is 18.2 Å². The molecule has 0 bridgehead atoms. The summed E-state index contributed by atoms with van der Waals surface area (Å²) in [6, 6.07) is 6.12. The van der Waals surface area contributed by atoms with E-state index in [4.69, 9.17) is 9.47 Å². The normalized spacial score (nSPS) is 18.9. The molecule has 1 aromatic rings. The molecule has 0 saturated carbocycles. The van der Waals surface area contributed by atoms with Gasteiger partial charge in [0.2, 0.25) is 0 Å². The molecule has 1 heterocycles. The minimum atomic E-state index is 0. The fourth-order valence-electron chi connectivity index (χ4n) is 2.97. The Morgan fingerprint density at radius 3 is 2.43 bits per heavy atom. The smallest absolute Gasteiger partial charge is 0.122 e. The third-order valence-electron chi connectivity index (χ3n) is 3.91. The van der Waals surface area contributed by atoms with Gasteiger partial charge in [0.05, 0.1) is 14.2 Å². The zero-order valence-corrected chi connectivity index (χ0v) is 14.0. The number of likely N-dealkylation sites (tertiary alicyclic amines) is 1. The monoisotopic (exact) mass is 314 g/mol. The summed E-state index contributed by atoms with van der Waals surface area (Å²) in [7, 11) is 5.43. The van der Waals surface area contributed by atoms with Gasteiger partial charge < -0.3 is 14.8 Å². The summed E-state index contributed by atoms with van der Waals surface area (Å²) in [5, 5.41) is 3.29. The SMILES string of the molecule is CNCC1CCCN(Cc2cc(OC)cc(OC)c2)C1.Cl. The maximum Gasteiger partial charge on any atom is 0.122 e. The van der Waals surface area contributed by atoms with Crippen LogP contribution in [0.3, 0.4) is 0 Å². The highest BCUT2D eigenvalue weighted by atomic mass is 35.5. The lowest BCUT2D eigenvalue weighted by atomic mass is 9.97. The van der Waals surface area contributed by atoms with Crippen LogP contribution in [0.4, 0.5) is 0 Å². The van der Waals surface area contributed by atoms with E-state index in [-0.39, 0.29) is 12.4 Å². The van der Waals surface area contributed by atoms with Crippen LogP contribution in [-0.2, 0) is 6.54 Å². The highest BCUT2D eigenvalue weighted by Gasteiger charge is 2.19. The molecular weight excluding hydrogens is 288 g/mol. The zero-order valence-electron chi connectivity index (χ0n) is 13.2. The second-order valence-electron chi connectivity index (χ2n) is 5.52. The van der Waals surface area contributed by atoms with Gasteiger partial charge in [0.25, 0.3) is 0 Å². The summed E-state index contributed by atoms with van der Waals surface area (Å²) < 4.78 is 10.7. The standard InChI is InChI=1S/C16H26N2O2.ClH/c1-17-10-13-5-4-6-18(11-13)12-14-7-15(19-2)9-16(8-14)20-3;/h7-9,13,17H,4-6,10-12H2,1-3H3;1H. The van der Waals surface area contributed by atoms with Crippen LogP contribution in [0.25, 0.3) is 0 Å². The lowest BCUT2D eigenvalue weighted by Crippen LogP contribution is -2.38. The van der Waals surface area contributed by atoms with Crippen LogP contribution in [0.5, 0.6) is 11.5 Å². The number of benzene rings is 1. The fraction of sp³-hybridized carbons (Fsp3) is 0.625. The molecule has 4 nitrogen and oxygen atoms in total. The van der Waals surface area contributed by atoms with Crippen LogP contribution in [0, 0.1) is 5.92 Å². The van der Waals surface area contributed by atoms with E-state index < -0.39 is 0 Å². The lowest BCUT2D eigenvalue weighted by molar-refractivity contribution is 0.166. The van der Waals surface area contributed by atoms with Crippen molar-refractivity contribution in [3.8, 4) is 11.5 Å². The van der Waals surface area contributed by atoms with Gasteiger partial charge >= 0.3 is 0 Å². The van der Waals surface area contributed by atoms with E-state index in [1.807, 2.05) is 13.1 Å². The Kier molecular flexibility index (Phi) is 7.86. The molecular formula is C16H27ClN2O2. The van der Waals surface area contributed by atoms with Crippen molar-refractivity contribution in [1.82, 2.24) is 10.2 Å². The number of halogens is 1. The first-order valence-corrected chi connectivity index (χ1v) is 7.34. The largest absolute Gasteiger partial charge is 0.497 e. The van der Waals surface area contributed by atoms with Gasteiger partial charge in [-0.2, -0.15) is 0 Å². The number of nitrogens with zero attached hydrogens (tertiary/aromatic N) is 1. The molecule has 120 valence electrons. The van der Waals surface area contributed by atoms with Crippen molar-refractivity contribution >= 4 is 12.4 Å². The molecule has 1 saturated heterocycles. The van der Waals surface area contributed by atoms with Crippen LogP contribution in [0.2, 0.25) is 0 Å². The maximum atomic E-state index is 5.34. The Labute approximate surface area is 134 Å². The molecule has 1 N–H and O–H groups in total. The maximum absolute atomic E-state index is 5.34. The Balaban J connectivity index is 0.00000220. The molecule has 0 spiro atoms. The first-order valence-electron chi connectivity index (χ1n) is 7.34. The summed E-state index contributed by atoms with van der Waals surface area (Å²) in [6.45, 7) is 4.42. The average Bonchev–Trinajstić information content (AvgIpc) is 2.47. The first-order chi connectivity index (χ1) is 9.75. The van der Waals surface area contributed by atoms with Crippen molar-refractivity contribution < 1.29 is 9.47 Å². The minimum absolute atomic E-state index is 0. The van der Waals surface area contributed by atoms with Crippen molar-refractivity contribution in [1.29, 1.82) is 0 Å². The number of nitrogens with one attached hydrogen (secondary N) is 1. The second-order valence-corrected chi connectivity index (χ2v) is 5.52. The molecule has 1 unspecified atom stereocenters. The van der Waals surface area contributed by atoms with Gasteiger partial charge in [-0.3, -0.25) is 4.90 Å². The van der Waals surface area contributed by atoms with Gasteiger partial charge in [0.1, 0.15) is 11.5 Å². The molecule has 0 radical (unpaired) electrons. The number of ether oxygens (including phenoxy) is 2. The van der Waals surface area contributed by atoms with Crippen molar-refractivity contribution in [2.75, 3.05) is 40.9 Å². The van der Waals surface area contributed by atoms with E-state index >= 15 is 0 Å². The fourth-order valence-corrected chi connectivity index (χ4v) is 2.97. The van der Waals surface area contributed by atoms with Gasteiger partial charge in [-0.1, -0.05) is 0 Å². The number of hydrogen-bond acceptors (Lipinski definition) is 4. The Morgan fingerprint density at radius 2 is 1.86 bits per heavy atom. The molecule has 1 aromatic carbocycles. The van der Waals surface area contributed by atoms with Gasteiger partial charge in [-0.25, -0.2) is 0 Å². The van der Waals surface area contributed by atoms with Crippen LogP contribution in [-0.4, -0.2) is 45.8 Å². The number of piperidine rings is 1. The van der Waals surface area contributed by atoms with E-state index in [1.165, 1.54) is 31.5 Å². The molecule has 1 fully saturated rings. The van der Waals surface area contributed by atoms with E-state index in [9.17, 15) is 0 Å². The van der Waals surface area contributed by atoms with Crippen molar-refractivity contribution in [2.24, 2.45) is 5.92 Å². The van der Waals surface area contributed by atoms with Crippen LogP contribution in [0.1, 0.15) is 18.4 Å². The van der Waals surface area contributed by atoms with Gasteiger partial charge in [-0.05, 0) is 56.6 Å². The molecule has 1 aliphatic heterocycles. The summed E-state index contributed by atoms with van der Waals surface area (Å²) >= 11 is 0. The highest BCUT2D eigenvalue weighted by Crippen LogP contribution is 2.25. The second kappa shape index (κ2) is 9.13. The molecule has 0 amide bonds. The Hall–Kier alpha value is -0.970. The predicted molar refractivity (Wildman–Crippen MR) is 88.7 cm³/mol. The Bertz CT molecular complexity index is 404. The predicted octanol–water partition coefficient (Wildman–Crippen LogP) is 2.56. The molecule has 2 rings (SSSR count). The number of rotatable bonds is 6. The third-order valence-corrected chi connectivity index (χ3v) is 3.91. The quantitative estimate of drug-likeness (QED) is 0.875. The molecule has 1 atom stereocenters. The molecule has 5 heteroatoms. The van der Waals surface area contributed by atoms with Crippen LogP contribution < -0.4 is 14.8 Å². The van der Waals surface area contributed by atoms with E-state index in [0.717, 1.165) is 30.5 Å². The average molecular weight is 315 g/mol. The minimum Gasteiger partial charge on any atom is -0.497 e. The number of methoxy groups -OCH3 is 2. The first kappa shape index (κ1) is 18.1. The van der Waals surface area contributed by atoms with E-state index in [1.54, 1.807) is 14.2 Å². The van der Waals surface area contributed by atoms with Crippen molar-refractivity contribution in [3.05, 3.63) is 23.8 Å². The van der Waals surface area contributed by atoms with Gasteiger partial charge in [-0.15, -0.1) is 12.4 Å². The summed E-state index contributed by atoms with van der Waals surface area (Å²) in [5.74, 6) is 2.49. The Morgan fingerprint density at radius 1 is 1.19 bits per heavy atom. The molecule has 21 heavy (non-hydrogen) atoms. The van der Waals surface area contributed by atoms with Crippen LogP contribution >= 0.6 is 12.4 Å². The third kappa shape index (κ3) is 5.38. The summed E-state index contributed by atoms with van der Waals surface area (Å²) in [4.78, 5) is 2.53. The summed E-state index contributed by atoms with van der Waals surface area (Å²) in [6.07, 6.45) is 2.62. The molecule has 1 aliphatic rings. The van der Waals surface area contributed by atoms with Gasteiger partial charge in [0, 0.05) is 19.2 Å². The van der Waals surface area contributed by atoms with Gasteiger partial charge in [0.15, 0.2) is 0 Å². The van der Waals surface area contributed by atoms with E-state index in [0.29, 0.717) is 0 Å². The lowest BCUT2D eigenvalue weighted by Gasteiger charge is -2.32. The highest BCUT2D eigenvalue weighted by molar-refractivity contribution is 5.85. The molecule has 0 aromatic heterocycles. The number of hydrogen-bond donors (Lipinski definition) is 1. The topological polar surface area (TPSA) is 33.7 Å². The molecule has 0 aliphatic carbocycles. The zero-order chi connectivity index (χ0) is 14.4. The van der Waals surface area contributed by atoms with Crippen molar-refractivity contribution in [2.45, 2.75) is 19.4 Å². The van der Waals surface area contributed by atoms with E-state index in [2.05, 4.69) is 22.3 Å². The summed E-state index contributed by atoms with van der Waals surface area (Å²) in [5.41, 5.74) is 1.26.